The third kappa shape index (κ3) is 3.05. The summed E-state index contributed by atoms with van der Waals surface area (Å²) in [6.45, 7) is 0. The molecule has 4 nitrogen and oxygen atoms in total. The van der Waals surface area contributed by atoms with Gasteiger partial charge in [-0.25, -0.2) is 0 Å². The molecule has 0 saturated carbocycles. The predicted octanol–water partition coefficient (Wildman–Crippen LogP) is 4.45. The normalized spacial score (nSPS) is 11.5. The van der Waals surface area contributed by atoms with E-state index in [1.807, 2.05) is 6.07 Å². The van der Waals surface area contributed by atoms with E-state index in [0.717, 1.165) is 23.0 Å². The summed E-state index contributed by atoms with van der Waals surface area (Å²) in [6.07, 6.45) is -2.77. The van der Waals surface area contributed by atoms with Gasteiger partial charge in [-0.05, 0) is 41.8 Å². The number of carbonyl (C=O) groups is 1. The van der Waals surface area contributed by atoms with Gasteiger partial charge in [0.15, 0.2) is 0 Å². The van der Waals surface area contributed by atoms with Crippen molar-refractivity contribution in [2.24, 2.45) is 0 Å². The van der Waals surface area contributed by atoms with Crippen LogP contribution in [-0.2, 0) is 6.18 Å². The summed E-state index contributed by atoms with van der Waals surface area (Å²) >= 11 is 0. The molecule has 7 heteroatoms. The fraction of sp³-hybridized carbons (Fsp3) is 0.118. The summed E-state index contributed by atoms with van der Waals surface area (Å²) in [7, 11) is 1.32. The molecule has 2 N–H and O–H groups in total. The molecular weight excluding hydrogens is 321 g/mol. The summed E-state index contributed by atoms with van der Waals surface area (Å²) in [5.74, 6) is -0.374. The van der Waals surface area contributed by atoms with Crippen LogP contribution < -0.4 is 10.1 Å². The molecule has 0 atom stereocenters. The molecule has 0 aliphatic carbocycles. The number of methoxy groups -OCH3 is 1. The summed E-state index contributed by atoms with van der Waals surface area (Å²) in [4.78, 5) is 15.3. The molecule has 1 heterocycles. The van der Waals surface area contributed by atoms with Crippen molar-refractivity contribution in [1.82, 2.24) is 4.98 Å². The number of halogens is 3. The minimum atomic E-state index is -4.51. The highest BCUT2D eigenvalue weighted by Crippen LogP contribution is 2.35. The number of fused-ring (bicyclic) bond motifs is 1. The van der Waals surface area contributed by atoms with Crippen molar-refractivity contribution in [1.29, 1.82) is 0 Å². The van der Waals surface area contributed by atoms with Crippen LogP contribution >= 0.6 is 0 Å². The first-order valence-electron chi connectivity index (χ1n) is 7.02. The van der Waals surface area contributed by atoms with Crippen LogP contribution in [0.5, 0.6) is 5.75 Å². The molecule has 1 aromatic heterocycles. The van der Waals surface area contributed by atoms with Crippen LogP contribution in [0.25, 0.3) is 10.9 Å². The van der Waals surface area contributed by atoms with Crippen molar-refractivity contribution in [3.8, 4) is 5.75 Å². The number of amides is 1. The fourth-order valence-corrected chi connectivity index (χ4v) is 2.37. The van der Waals surface area contributed by atoms with Gasteiger partial charge in [0.1, 0.15) is 5.75 Å². The molecule has 0 saturated heterocycles. The minimum absolute atomic E-state index is 0.0380. The molecule has 1 amide bonds. The van der Waals surface area contributed by atoms with Crippen molar-refractivity contribution >= 4 is 22.5 Å². The summed E-state index contributed by atoms with van der Waals surface area (Å²) in [5, 5.41) is 3.40. The fourth-order valence-electron chi connectivity index (χ4n) is 2.37. The lowest BCUT2D eigenvalue weighted by molar-refractivity contribution is -0.137. The zero-order valence-corrected chi connectivity index (χ0v) is 12.6. The van der Waals surface area contributed by atoms with Crippen LogP contribution in [0.2, 0.25) is 0 Å². The smallest absolute Gasteiger partial charge is 0.416 e. The number of H-pyrrole nitrogens is 1. The molecule has 0 unspecified atom stereocenters. The van der Waals surface area contributed by atoms with E-state index in [4.69, 9.17) is 4.74 Å². The van der Waals surface area contributed by atoms with Crippen molar-refractivity contribution in [3.63, 3.8) is 0 Å². The number of anilines is 1. The molecule has 3 aromatic rings. The Bertz CT molecular complexity index is 900. The van der Waals surface area contributed by atoms with Crippen LogP contribution in [0.3, 0.4) is 0 Å². The molecule has 0 radical (unpaired) electrons. The number of alkyl halides is 3. The maximum atomic E-state index is 12.8. The zero-order chi connectivity index (χ0) is 17.3. The summed E-state index contributed by atoms with van der Waals surface area (Å²) in [6, 6.07) is 9.77. The number of hydrogen-bond donors (Lipinski definition) is 2. The van der Waals surface area contributed by atoms with E-state index in [9.17, 15) is 18.0 Å². The number of carbonyl (C=O) groups excluding carboxylic acids is 1. The van der Waals surface area contributed by atoms with E-state index in [1.54, 1.807) is 24.4 Å². The van der Waals surface area contributed by atoms with Gasteiger partial charge in [0, 0.05) is 17.3 Å². The third-order valence-corrected chi connectivity index (χ3v) is 3.59. The lowest BCUT2D eigenvalue weighted by Gasteiger charge is -2.13. The van der Waals surface area contributed by atoms with E-state index < -0.39 is 17.6 Å². The van der Waals surface area contributed by atoms with Crippen LogP contribution in [0, 0.1) is 0 Å². The SMILES string of the molecule is COc1ccc(C(F)(F)F)cc1NC(=O)c1ccc2cc[nH]c2c1. The Morgan fingerprint density at radius 1 is 1.12 bits per heavy atom. The van der Waals surface area contributed by atoms with Crippen molar-refractivity contribution in [2.45, 2.75) is 6.18 Å². The topological polar surface area (TPSA) is 54.1 Å². The van der Waals surface area contributed by atoms with Gasteiger partial charge in [-0.1, -0.05) is 6.07 Å². The van der Waals surface area contributed by atoms with E-state index in [0.29, 0.717) is 5.56 Å². The Morgan fingerprint density at radius 2 is 1.92 bits per heavy atom. The lowest BCUT2D eigenvalue weighted by Crippen LogP contribution is -2.14. The zero-order valence-electron chi connectivity index (χ0n) is 12.6. The van der Waals surface area contributed by atoms with Crippen LogP contribution in [0.1, 0.15) is 15.9 Å². The van der Waals surface area contributed by atoms with Gasteiger partial charge in [-0.2, -0.15) is 13.2 Å². The van der Waals surface area contributed by atoms with Gasteiger partial charge in [0.25, 0.3) is 5.91 Å². The van der Waals surface area contributed by atoms with Gasteiger partial charge < -0.3 is 15.0 Å². The third-order valence-electron chi connectivity index (χ3n) is 3.59. The Balaban J connectivity index is 1.92. The lowest BCUT2D eigenvalue weighted by atomic mass is 10.1. The van der Waals surface area contributed by atoms with E-state index in [1.165, 1.54) is 13.2 Å². The maximum absolute atomic E-state index is 12.8. The number of benzene rings is 2. The largest absolute Gasteiger partial charge is 0.495 e. The van der Waals surface area contributed by atoms with Crippen molar-refractivity contribution in [3.05, 3.63) is 59.8 Å². The highest BCUT2D eigenvalue weighted by molar-refractivity contribution is 6.06. The standard InChI is InChI=1S/C17H13F3N2O2/c1-24-15-5-4-12(17(18,19)20)9-14(15)22-16(23)11-3-2-10-6-7-21-13(10)8-11/h2-9,21H,1H3,(H,22,23). The second kappa shape index (κ2) is 5.92. The molecular formula is C17H13F3N2O2. The molecule has 2 aromatic carbocycles. The number of aromatic amines is 1. The Morgan fingerprint density at radius 3 is 2.62 bits per heavy atom. The van der Waals surface area contributed by atoms with Crippen molar-refractivity contribution < 1.29 is 22.7 Å². The van der Waals surface area contributed by atoms with E-state index in [-0.39, 0.29) is 11.4 Å². The number of aromatic nitrogens is 1. The number of nitrogens with one attached hydrogen (secondary N) is 2. The average molecular weight is 334 g/mol. The van der Waals surface area contributed by atoms with Gasteiger partial charge in [-0.15, -0.1) is 0 Å². The molecule has 24 heavy (non-hydrogen) atoms. The molecule has 0 fully saturated rings. The first kappa shape index (κ1) is 15.9. The van der Waals surface area contributed by atoms with Gasteiger partial charge in [0.2, 0.25) is 0 Å². The monoisotopic (exact) mass is 334 g/mol. The molecule has 0 aliphatic heterocycles. The van der Waals surface area contributed by atoms with Crippen LogP contribution in [0.15, 0.2) is 48.7 Å². The summed E-state index contributed by atoms with van der Waals surface area (Å²) < 4.78 is 43.6. The second-order valence-electron chi connectivity index (χ2n) is 5.15. The van der Waals surface area contributed by atoms with Gasteiger partial charge in [0.05, 0.1) is 18.4 Å². The molecule has 0 bridgehead atoms. The van der Waals surface area contributed by atoms with E-state index >= 15 is 0 Å². The molecule has 124 valence electrons. The minimum Gasteiger partial charge on any atom is -0.495 e. The maximum Gasteiger partial charge on any atom is 0.416 e. The first-order chi connectivity index (χ1) is 11.4. The number of rotatable bonds is 3. The quantitative estimate of drug-likeness (QED) is 0.744. The molecule has 0 aliphatic rings. The number of hydrogen-bond acceptors (Lipinski definition) is 2. The van der Waals surface area contributed by atoms with Crippen LogP contribution in [0.4, 0.5) is 18.9 Å². The Hall–Kier alpha value is -2.96. The highest BCUT2D eigenvalue weighted by Gasteiger charge is 2.31. The van der Waals surface area contributed by atoms with E-state index in [2.05, 4.69) is 10.3 Å². The van der Waals surface area contributed by atoms with Gasteiger partial charge >= 0.3 is 6.18 Å². The Kier molecular flexibility index (Phi) is 3.92. The number of ether oxygens (including phenoxy) is 1. The predicted molar refractivity (Wildman–Crippen MR) is 84.2 cm³/mol. The average Bonchev–Trinajstić information content (AvgIpc) is 3.01. The van der Waals surface area contributed by atoms with Gasteiger partial charge in [-0.3, -0.25) is 4.79 Å². The molecule has 3 rings (SSSR count). The van der Waals surface area contributed by atoms with Crippen molar-refractivity contribution in [2.75, 3.05) is 12.4 Å². The first-order valence-corrected chi connectivity index (χ1v) is 7.02. The van der Waals surface area contributed by atoms with Crippen LogP contribution in [-0.4, -0.2) is 18.0 Å². The Labute approximate surface area is 135 Å². The summed E-state index contributed by atoms with van der Waals surface area (Å²) in [5.41, 5.74) is 0.186. The second-order valence-corrected chi connectivity index (χ2v) is 5.15. The molecule has 0 spiro atoms. The highest BCUT2D eigenvalue weighted by atomic mass is 19.4.